The lowest BCUT2D eigenvalue weighted by Crippen LogP contribution is -1.75. The molecule has 6 aromatic rings. The molecule has 0 aliphatic heterocycles. The third-order valence-electron chi connectivity index (χ3n) is 5.74. The Bertz CT molecular complexity index is 1530. The molecule has 0 saturated heterocycles. The van der Waals surface area contributed by atoms with Gasteiger partial charge >= 0.3 is 0 Å². The Balaban J connectivity index is 1.72. The van der Waals surface area contributed by atoms with Gasteiger partial charge in [-0.05, 0) is 33.2 Å². The van der Waals surface area contributed by atoms with E-state index in [2.05, 4.69) is 77.8 Å². The van der Waals surface area contributed by atoms with E-state index >= 15 is 0 Å². The van der Waals surface area contributed by atoms with E-state index in [1.807, 2.05) is 11.3 Å². The fraction of sp³-hybridized carbons (Fsp3) is 0. The predicted octanol–water partition coefficient (Wildman–Crippen LogP) is 7.34. The molecule has 0 saturated carbocycles. The molecule has 0 fully saturated rings. The van der Waals surface area contributed by atoms with E-state index in [0.29, 0.717) is 0 Å². The number of H-pyrrole nitrogens is 1. The van der Waals surface area contributed by atoms with Gasteiger partial charge in [-0.25, -0.2) is 0 Å². The molecular weight excluding hydrogens is 334 g/mol. The minimum Gasteiger partial charge on any atom is -0.353 e. The second-order valence-corrected chi connectivity index (χ2v) is 8.07. The lowest BCUT2D eigenvalue weighted by atomic mass is 10.0. The first-order valence-electron chi connectivity index (χ1n) is 8.88. The number of fused-ring (bicyclic) bond motifs is 9. The molecule has 0 atom stereocenters. The minimum absolute atomic E-state index is 1.23. The summed E-state index contributed by atoms with van der Waals surface area (Å²) in [5.41, 5.74) is 6.67. The monoisotopic (exact) mass is 347 g/mol. The van der Waals surface area contributed by atoms with Crippen LogP contribution in [0.1, 0.15) is 0 Å². The Hall–Kier alpha value is -3.10. The lowest BCUT2D eigenvalue weighted by molar-refractivity contribution is 1.56. The Morgan fingerprint density at radius 2 is 1.46 bits per heavy atom. The van der Waals surface area contributed by atoms with Gasteiger partial charge in [0.05, 0.1) is 10.2 Å². The van der Waals surface area contributed by atoms with Crippen LogP contribution in [0.2, 0.25) is 0 Å². The van der Waals surface area contributed by atoms with Crippen molar-refractivity contribution in [1.29, 1.82) is 0 Å². The first kappa shape index (κ1) is 13.2. The van der Waals surface area contributed by atoms with Gasteiger partial charge in [-0.2, -0.15) is 0 Å². The van der Waals surface area contributed by atoms with Crippen molar-refractivity contribution in [2.24, 2.45) is 0 Å². The average molecular weight is 347 g/mol. The van der Waals surface area contributed by atoms with Crippen molar-refractivity contribution in [2.75, 3.05) is 0 Å². The molecule has 1 aliphatic carbocycles. The predicted molar refractivity (Wildman–Crippen MR) is 113 cm³/mol. The number of benzene rings is 4. The Labute approximate surface area is 153 Å². The van der Waals surface area contributed by atoms with Gasteiger partial charge in [0.2, 0.25) is 0 Å². The molecule has 0 radical (unpaired) electrons. The summed E-state index contributed by atoms with van der Waals surface area (Å²) in [6.45, 7) is 0. The highest BCUT2D eigenvalue weighted by molar-refractivity contribution is 7.24. The molecule has 0 bridgehead atoms. The zero-order valence-electron chi connectivity index (χ0n) is 13.8. The summed E-state index contributed by atoms with van der Waals surface area (Å²) in [4.78, 5) is 5.15. The van der Waals surface area contributed by atoms with Crippen molar-refractivity contribution < 1.29 is 0 Å². The summed E-state index contributed by atoms with van der Waals surface area (Å²) >= 11 is 1.94. The van der Waals surface area contributed by atoms with E-state index in [-0.39, 0.29) is 0 Å². The first-order valence-corrected chi connectivity index (χ1v) is 9.70. The normalized spacial score (nSPS) is 12.6. The standard InChI is InChI=1S/C24H13NS/c1-2-8-15-13(5-1)11-12-18-20(15)24-22(25-18)21-16-9-3-6-14-7-4-10-17(19(14)16)23(21)26-24/h1-12,25H. The molecule has 1 nitrogen and oxygen atoms in total. The minimum atomic E-state index is 1.23. The van der Waals surface area contributed by atoms with Gasteiger partial charge < -0.3 is 4.98 Å². The van der Waals surface area contributed by atoms with Gasteiger partial charge in [-0.3, -0.25) is 0 Å². The molecule has 0 spiro atoms. The van der Waals surface area contributed by atoms with Gasteiger partial charge in [0.25, 0.3) is 0 Å². The molecule has 2 aromatic heterocycles. The maximum Gasteiger partial charge on any atom is 0.0661 e. The molecule has 0 amide bonds. The lowest BCUT2D eigenvalue weighted by Gasteiger charge is -2.01. The molecule has 26 heavy (non-hydrogen) atoms. The fourth-order valence-corrected chi connectivity index (χ4v) is 6.04. The summed E-state index contributed by atoms with van der Waals surface area (Å²) in [6.07, 6.45) is 0. The second kappa shape index (κ2) is 4.35. The van der Waals surface area contributed by atoms with Crippen molar-refractivity contribution in [3.8, 4) is 21.6 Å². The zero-order chi connectivity index (χ0) is 16.8. The van der Waals surface area contributed by atoms with Crippen LogP contribution < -0.4 is 0 Å². The maximum absolute atomic E-state index is 3.74. The molecule has 120 valence electrons. The number of rotatable bonds is 0. The highest BCUT2D eigenvalue weighted by Crippen LogP contribution is 2.55. The van der Waals surface area contributed by atoms with Crippen molar-refractivity contribution in [1.82, 2.24) is 4.98 Å². The molecule has 7 rings (SSSR count). The zero-order valence-corrected chi connectivity index (χ0v) is 14.7. The van der Waals surface area contributed by atoms with Gasteiger partial charge in [0, 0.05) is 26.9 Å². The quantitative estimate of drug-likeness (QED) is 0.295. The van der Waals surface area contributed by atoms with Crippen molar-refractivity contribution in [3.05, 3.63) is 72.8 Å². The molecule has 2 heteroatoms. The molecule has 1 aliphatic rings. The molecule has 1 N–H and O–H groups in total. The summed E-state index contributed by atoms with van der Waals surface area (Å²) in [6, 6.07) is 26.5. The van der Waals surface area contributed by atoms with E-state index in [4.69, 9.17) is 0 Å². The number of thiophene rings is 1. The molecule has 2 heterocycles. The Kier molecular flexibility index (Phi) is 2.20. The van der Waals surface area contributed by atoms with Crippen molar-refractivity contribution in [2.45, 2.75) is 0 Å². The van der Waals surface area contributed by atoms with E-state index < -0.39 is 0 Å². The Morgan fingerprint density at radius 1 is 0.654 bits per heavy atom. The molecule has 4 aromatic carbocycles. The number of hydrogen-bond donors (Lipinski definition) is 1. The largest absolute Gasteiger partial charge is 0.353 e. The summed E-state index contributed by atoms with van der Waals surface area (Å²) in [5.74, 6) is 0. The molecule has 0 unspecified atom stereocenters. The van der Waals surface area contributed by atoms with Crippen LogP contribution >= 0.6 is 11.3 Å². The van der Waals surface area contributed by atoms with Gasteiger partial charge in [-0.1, -0.05) is 66.7 Å². The highest BCUT2D eigenvalue weighted by Gasteiger charge is 2.27. The SMILES string of the molecule is c1cc2c3c(cccc3c1)-c1c-2sc2c1[nH]c1ccc3ccccc3c12. The summed E-state index contributed by atoms with van der Waals surface area (Å²) < 4.78 is 1.38. The first-order chi connectivity index (χ1) is 12.9. The average Bonchev–Trinajstić information content (AvgIpc) is 3.31. The van der Waals surface area contributed by atoms with Crippen LogP contribution in [0, 0.1) is 0 Å². The van der Waals surface area contributed by atoms with Crippen LogP contribution in [0.25, 0.3) is 64.2 Å². The molecular formula is C24H13NS. The Morgan fingerprint density at radius 3 is 2.38 bits per heavy atom. The number of aromatic amines is 1. The van der Waals surface area contributed by atoms with Crippen LogP contribution in [0.4, 0.5) is 0 Å². The third kappa shape index (κ3) is 1.40. The van der Waals surface area contributed by atoms with Crippen LogP contribution in [-0.4, -0.2) is 4.98 Å². The van der Waals surface area contributed by atoms with Gasteiger partial charge in [0.15, 0.2) is 0 Å². The number of nitrogens with one attached hydrogen (secondary N) is 1. The van der Waals surface area contributed by atoms with Gasteiger partial charge in [0.1, 0.15) is 0 Å². The highest BCUT2D eigenvalue weighted by atomic mass is 32.1. The van der Waals surface area contributed by atoms with Crippen LogP contribution in [0.15, 0.2) is 72.8 Å². The van der Waals surface area contributed by atoms with Gasteiger partial charge in [-0.15, -0.1) is 11.3 Å². The topological polar surface area (TPSA) is 15.8 Å². The van der Waals surface area contributed by atoms with E-state index in [9.17, 15) is 0 Å². The van der Waals surface area contributed by atoms with E-state index in [0.717, 1.165) is 0 Å². The van der Waals surface area contributed by atoms with Crippen molar-refractivity contribution >= 4 is 54.0 Å². The smallest absolute Gasteiger partial charge is 0.0661 e. The fourth-order valence-electron chi connectivity index (χ4n) is 4.67. The number of aromatic nitrogens is 1. The summed E-state index contributed by atoms with van der Waals surface area (Å²) in [5, 5.41) is 6.74. The van der Waals surface area contributed by atoms with E-state index in [1.54, 1.807) is 0 Å². The van der Waals surface area contributed by atoms with Crippen molar-refractivity contribution in [3.63, 3.8) is 0 Å². The van der Waals surface area contributed by atoms with Crippen LogP contribution in [-0.2, 0) is 0 Å². The van der Waals surface area contributed by atoms with E-state index in [1.165, 1.54) is 64.2 Å². The third-order valence-corrected chi connectivity index (χ3v) is 6.98. The summed E-state index contributed by atoms with van der Waals surface area (Å²) in [7, 11) is 0. The van der Waals surface area contributed by atoms with Crippen LogP contribution in [0.3, 0.4) is 0 Å². The number of hydrogen-bond acceptors (Lipinski definition) is 1. The second-order valence-electron chi connectivity index (χ2n) is 7.05. The maximum atomic E-state index is 3.74. The van der Waals surface area contributed by atoms with Crippen LogP contribution in [0.5, 0.6) is 0 Å².